The molecular weight excluding hydrogens is 384 g/mol. The van der Waals surface area contributed by atoms with Crippen LogP contribution >= 0.6 is 11.8 Å². The van der Waals surface area contributed by atoms with Crippen LogP contribution in [0.15, 0.2) is 88.8 Å². The number of thioether (sulfide) groups is 1. The molecule has 2 aromatic carbocycles. The molecule has 0 aliphatic heterocycles. The molecule has 4 aromatic rings. The zero-order valence-corrected chi connectivity index (χ0v) is 16.3. The summed E-state index contributed by atoms with van der Waals surface area (Å²) in [6.45, 7) is 0. The number of rotatable bonds is 6. The van der Waals surface area contributed by atoms with Gasteiger partial charge in [0, 0.05) is 11.4 Å². The fourth-order valence-corrected chi connectivity index (χ4v) is 4.32. The van der Waals surface area contributed by atoms with E-state index in [1.807, 2.05) is 71.3 Å². The van der Waals surface area contributed by atoms with Crippen LogP contribution in [-0.4, -0.2) is 25.4 Å². The number of carbonyl (C=O) groups is 1. The van der Waals surface area contributed by atoms with Crippen LogP contribution in [0.1, 0.15) is 12.8 Å². The summed E-state index contributed by atoms with van der Waals surface area (Å²) in [5.41, 5.74) is 2.58. The van der Waals surface area contributed by atoms with Gasteiger partial charge in [-0.3, -0.25) is 9.36 Å². The zero-order valence-electron chi connectivity index (χ0n) is 15.5. The first kappa shape index (κ1) is 17.8. The summed E-state index contributed by atoms with van der Waals surface area (Å²) in [7, 11) is 0. The highest BCUT2D eigenvalue weighted by Crippen LogP contribution is 2.52. The van der Waals surface area contributed by atoms with Gasteiger partial charge in [0.2, 0.25) is 5.91 Å². The molecule has 0 bridgehead atoms. The van der Waals surface area contributed by atoms with E-state index in [-0.39, 0.29) is 5.91 Å². The number of amides is 1. The average molecular weight is 402 g/mol. The molecule has 2 heterocycles. The number of hydrogen-bond acceptors (Lipinski definition) is 5. The molecule has 5 rings (SSSR count). The van der Waals surface area contributed by atoms with Gasteiger partial charge in [0.05, 0.1) is 11.8 Å². The molecular formula is C22H18N4O2S. The smallest absolute Gasteiger partial charge is 0.241 e. The van der Waals surface area contributed by atoms with Crippen molar-refractivity contribution in [2.24, 2.45) is 0 Å². The van der Waals surface area contributed by atoms with E-state index in [2.05, 4.69) is 15.5 Å². The second-order valence-electron chi connectivity index (χ2n) is 6.91. The molecule has 1 amide bonds. The maximum absolute atomic E-state index is 13.0. The van der Waals surface area contributed by atoms with E-state index < -0.39 is 4.75 Å². The molecule has 2 aromatic heterocycles. The maximum atomic E-state index is 13.0. The minimum absolute atomic E-state index is 0.00109. The van der Waals surface area contributed by atoms with Crippen molar-refractivity contribution in [3.63, 3.8) is 0 Å². The number of aromatic nitrogens is 3. The lowest BCUT2D eigenvalue weighted by Crippen LogP contribution is -2.27. The zero-order chi connectivity index (χ0) is 19.7. The van der Waals surface area contributed by atoms with Gasteiger partial charge in [-0.2, -0.15) is 0 Å². The molecule has 1 fully saturated rings. The van der Waals surface area contributed by atoms with Gasteiger partial charge in [-0.15, -0.1) is 10.2 Å². The van der Waals surface area contributed by atoms with Crippen molar-refractivity contribution in [3.8, 4) is 17.1 Å². The number of anilines is 1. The predicted octanol–water partition coefficient (Wildman–Crippen LogP) is 4.79. The Kier molecular flexibility index (Phi) is 4.44. The van der Waals surface area contributed by atoms with Crippen LogP contribution in [0.25, 0.3) is 17.1 Å². The standard InChI is InChI=1S/C22H18N4O2S/c27-20(23-17-7-3-1-4-8-17)22(12-13-22)29-21-25-24-19(16-11-14-28-15-16)26(21)18-9-5-2-6-10-18/h1-11,14-15H,12-13H2,(H,23,27). The Morgan fingerprint density at radius 2 is 1.72 bits per heavy atom. The predicted molar refractivity (Wildman–Crippen MR) is 112 cm³/mol. The van der Waals surface area contributed by atoms with Crippen LogP contribution in [0.5, 0.6) is 0 Å². The maximum Gasteiger partial charge on any atom is 0.241 e. The van der Waals surface area contributed by atoms with Gasteiger partial charge < -0.3 is 9.73 Å². The largest absolute Gasteiger partial charge is 0.472 e. The molecule has 1 aliphatic rings. The van der Waals surface area contributed by atoms with Crippen molar-refractivity contribution in [3.05, 3.63) is 79.3 Å². The van der Waals surface area contributed by atoms with E-state index in [1.54, 1.807) is 12.5 Å². The Bertz CT molecular complexity index is 1120. The van der Waals surface area contributed by atoms with E-state index in [1.165, 1.54) is 11.8 Å². The monoisotopic (exact) mass is 402 g/mol. The number of benzene rings is 2. The molecule has 7 heteroatoms. The summed E-state index contributed by atoms with van der Waals surface area (Å²) in [5, 5.41) is 12.5. The van der Waals surface area contributed by atoms with Crippen LogP contribution in [0.4, 0.5) is 5.69 Å². The lowest BCUT2D eigenvalue weighted by molar-refractivity contribution is -0.116. The summed E-state index contributed by atoms with van der Waals surface area (Å²) < 4.78 is 6.69. The number of para-hydroxylation sites is 2. The molecule has 0 spiro atoms. The van der Waals surface area contributed by atoms with Crippen LogP contribution in [0, 0.1) is 0 Å². The van der Waals surface area contributed by atoms with Crippen molar-refractivity contribution in [2.75, 3.05) is 5.32 Å². The Hall–Kier alpha value is -3.32. The number of hydrogen-bond donors (Lipinski definition) is 1. The molecule has 1 N–H and O–H groups in total. The Morgan fingerprint density at radius 3 is 2.38 bits per heavy atom. The van der Waals surface area contributed by atoms with E-state index in [0.29, 0.717) is 11.0 Å². The van der Waals surface area contributed by atoms with E-state index >= 15 is 0 Å². The minimum atomic E-state index is -0.525. The summed E-state index contributed by atoms with van der Waals surface area (Å²) in [6, 6.07) is 21.3. The van der Waals surface area contributed by atoms with Crippen LogP contribution in [0.3, 0.4) is 0 Å². The fourth-order valence-electron chi connectivity index (χ4n) is 3.15. The highest BCUT2D eigenvalue weighted by molar-refractivity contribution is 8.01. The Morgan fingerprint density at radius 1 is 1.00 bits per heavy atom. The van der Waals surface area contributed by atoms with Crippen LogP contribution in [-0.2, 0) is 4.79 Å². The fraction of sp³-hybridized carbons (Fsp3) is 0.136. The van der Waals surface area contributed by atoms with Crippen LogP contribution in [0.2, 0.25) is 0 Å². The quantitative estimate of drug-likeness (QED) is 0.502. The van der Waals surface area contributed by atoms with Crippen LogP contribution < -0.4 is 5.32 Å². The molecule has 1 aliphatic carbocycles. The topological polar surface area (TPSA) is 73.0 Å². The number of carbonyl (C=O) groups excluding carboxylic acids is 1. The van der Waals surface area contributed by atoms with Gasteiger partial charge in [-0.25, -0.2) is 0 Å². The second kappa shape index (κ2) is 7.25. The number of nitrogens with one attached hydrogen (secondary N) is 1. The molecule has 144 valence electrons. The number of furan rings is 1. The first-order valence-corrected chi connectivity index (χ1v) is 10.2. The molecule has 0 atom stereocenters. The number of nitrogens with zero attached hydrogens (tertiary/aromatic N) is 3. The van der Waals surface area contributed by atoms with Gasteiger partial charge in [-0.1, -0.05) is 48.2 Å². The van der Waals surface area contributed by atoms with Crippen molar-refractivity contribution >= 4 is 23.4 Å². The van der Waals surface area contributed by atoms with Crippen molar-refractivity contribution in [1.82, 2.24) is 14.8 Å². The summed E-state index contributed by atoms with van der Waals surface area (Å²) in [5.74, 6) is 0.688. The highest BCUT2D eigenvalue weighted by Gasteiger charge is 2.52. The third kappa shape index (κ3) is 3.45. The molecule has 6 nitrogen and oxygen atoms in total. The summed E-state index contributed by atoms with van der Waals surface area (Å²) in [4.78, 5) is 13.0. The van der Waals surface area contributed by atoms with Gasteiger partial charge in [0.1, 0.15) is 11.0 Å². The van der Waals surface area contributed by atoms with E-state index in [9.17, 15) is 4.79 Å². The summed E-state index contributed by atoms with van der Waals surface area (Å²) in [6.07, 6.45) is 4.87. The first-order valence-electron chi connectivity index (χ1n) is 9.34. The lowest BCUT2D eigenvalue weighted by Gasteiger charge is -2.16. The Balaban J connectivity index is 1.48. The minimum Gasteiger partial charge on any atom is -0.472 e. The van der Waals surface area contributed by atoms with Crippen molar-refractivity contribution in [2.45, 2.75) is 22.7 Å². The van der Waals surface area contributed by atoms with E-state index in [4.69, 9.17) is 4.42 Å². The normalized spacial score (nSPS) is 14.5. The Labute approximate surface area is 172 Å². The third-order valence-electron chi connectivity index (χ3n) is 4.86. The van der Waals surface area contributed by atoms with E-state index in [0.717, 1.165) is 29.8 Å². The first-order chi connectivity index (χ1) is 14.3. The van der Waals surface area contributed by atoms with Crippen molar-refractivity contribution < 1.29 is 9.21 Å². The lowest BCUT2D eigenvalue weighted by atomic mass is 10.3. The molecule has 0 unspecified atom stereocenters. The highest BCUT2D eigenvalue weighted by atomic mass is 32.2. The molecule has 0 saturated heterocycles. The van der Waals surface area contributed by atoms with Crippen molar-refractivity contribution in [1.29, 1.82) is 0 Å². The SMILES string of the molecule is O=C(Nc1ccccc1)C1(Sc2nnc(-c3ccoc3)n2-c2ccccc2)CC1. The van der Waals surface area contributed by atoms with Gasteiger partial charge in [0.15, 0.2) is 11.0 Å². The van der Waals surface area contributed by atoms with Gasteiger partial charge in [-0.05, 0) is 43.2 Å². The molecule has 29 heavy (non-hydrogen) atoms. The molecule has 1 saturated carbocycles. The van der Waals surface area contributed by atoms with Gasteiger partial charge >= 0.3 is 0 Å². The average Bonchev–Trinajstić information content (AvgIpc) is 3.14. The van der Waals surface area contributed by atoms with Gasteiger partial charge in [0.25, 0.3) is 0 Å². The summed E-state index contributed by atoms with van der Waals surface area (Å²) >= 11 is 1.47. The second-order valence-corrected chi connectivity index (χ2v) is 8.26. The third-order valence-corrected chi connectivity index (χ3v) is 6.29. The molecule has 0 radical (unpaired) electrons.